The summed E-state index contributed by atoms with van der Waals surface area (Å²) in [5.41, 5.74) is 0. The SMILES string of the molecule is CC(C)c1oc(N2CCOCC2)nc1Br. The maximum Gasteiger partial charge on any atom is 0.298 e. The minimum atomic E-state index is 0.349. The molecule has 1 aromatic heterocycles. The van der Waals surface area contributed by atoms with E-state index < -0.39 is 0 Å². The summed E-state index contributed by atoms with van der Waals surface area (Å²) < 4.78 is 11.8. The van der Waals surface area contributed by atoms with Crippen molar-refractivity contribution in [3.63, 3.8) is 0 Å². The molecule has 0 N–H and O–H groups in total. The first-order chi connectivity index (χ1) is 7.18. The lowest BCUT2D eigenvalue weighted by atomic mass is 10.2. The lowest BCUT2D eigenvalue weighted by molar-refractivity contribution is 0.120. The summed E-state index contributed by atoms with van der Waals surface area (Å²) in [4.78, 5) is 6.49. The molecule has 1 aliphatic heterocycles. The van der Waals surface area contributed by atoms with Gasteiger partial charge in [-0.05, 0) is 15.9 Å². The molecule has 4 nitrogen and oxygen atoms in total. The van der Waals surface area contributed by atoms with Gasteiger partial charge in [-0.25, -0.2) is 0 Å². The van der Waals surface area contributed by atoms with Crippen molar-refractivity contribution in [3.05, 3.63) is 10.4 Å². The Morgan fingerprint density at radius 2 is 2.00 bits per heavy atom. The van der Waals surface area contributed by atoms with Crippen molar-refractivity contribution in [2.75, 3.05) is 31.2 Å². The molecule has 0 unspecified atom stereocenters. The topological polar surface area (TPSA) is 38.5 Å². The van der Waals surface area contributed by atoms with Gasteiger partial charge in [0.05, 0.1) is 13.2 Å². The summed E-state index contributed by atoms with van der Waals surface area (Å²) in [5, 5.41) is 0. The van der Waals surface area contributed by atoms with Gasteiger partial charge in [0.1, 0.15) is 10.4 Å². The summed E-state index contributed by atoms with van der Waals surface area (Å²) in [6.45, 7) is 7.38. The quantitative estimate of drug-likeness (QED) is 0.830. The van der Waals surface area contributed by atoms with Crippen molar-refractivity contribution >= 4 is 21.9 Å². The average Bonchev–Trinajstić information content (AvgIpc) is 2.62. The van der Waals surface area contributed by atoms with Crippen LogP contribution < -0.4 is 4.90 Å². The molecular weight excluding hydrogens is 260 g/mol. The molecule has 84 valence electrons. The van der Waals surface area contributed by atoms with Crippen LogP contribution >= 0.6 is 15.9 Å². The molecular formula is C10H15BrN2O2. The van der Waals surface area contributed by atoms with Crippen LogP contribution in [0.4, 0.5) is 6.01 Å². The second kappa shape index (κ2) is 4.53. The number of aromatic nitrogens is 1. The highest BCUT2D eigenvalue weighted by molar-refractivity contribution is 9.10. The van der Waals surface area contributed by atoms with Crippen molar-refractivity contribution in [2.45, 2.75) is 19.8 Å². The lowest BCUT2D eigenvalue weighted by Gasteiger charge is -2.24. The largest absolute Gasteiger partial charge is 0.427 e. The van der Waals surface area contributed by atoms with Crippen molar-refractivity contribution < 1.29 is 9.15 Å². The van der Waals surface area contributed by atoms with E-state index in [1.165, 1.54) is 0 Å². The van der Waals surface area contributed by atoms with E-state index in [4.69, 9.17) is 9.15 Å². The number of anilines is 1. The molecule has 1 aromatic rings. The van der Waals surface area contributed by atoms with Gasteiger partial charge >= 0.3 is 0 Å². The summed E-state index contributed by atoms with van der Waals surface area (Å²) in [6.07, 6.45) is 0. The third kappa shape index (κ3) is 2.34. The van der Waals surface area contributed by atoms with Gasteiger partial charge in [-0.3, -0.25) is 0 Å². The predicted molar refractivity (Wildman–Crippen MR) is 61.3 cm³/mol. The molecule has 5 heteroatoms. The number of rotatable bonds is 2. The smallest absolute Gasteiger partial charge is 0.298 e. The molecule has 0 amide bonds. The van der Waals surface area contributed by atoms with E-state index in [2.05, 4.69) is 39.7 Å². The Morgan fingerprint density at radius 3 is 2.53 bits per heavy atom. The zero-order valence-electron chi connectivity index (χ0n) is 8.99. The molecule has 15 heavy (non-hydrogen) atoms. The van der Waals surface area contributed by atoms with Crippen LogP contribution in [0, 0.1) is 0 Å². The number of nitrogens with zero attached hydrogens (tertiary/aromatic N) is 2. The Hall–Kier alpha value is -0.550. The molecule has 1 aliphatic rings. The number of hydrogen-bond acceptors (Lipinski definition) is 4. The van der Waals surface area contributed by atoms with E-state index in [9.17, 15) is 0 Å². The maximum absolute atomic E-state index is 5.73. The van der Waals surface area contributed by atoms with Crippen molar-refractivity contribution in [1.29, 1.82) is 0 Å². The standard InChI is InChI=1S/C10H15BrN2O2/c1-7(2)8-9(11)12-10(15-8)13-3-5-14-6-4-13/h7H,3-6H2,1-2H3. The second-order valence-corrected chi connectivity index (χ2v) is 4.66. The Labute approximate surface area is 97.7 Å². The highest BCUT2D eigenvalue weighted by atomic mass is 79.9. The highest BCUT2D eigenvalue weighted by Gasteiger charge is 2.20. The minimum absolute atomic E-state index is 0.349. The monoisotopic (exact) mass is 274 g/mol. The first-order valence-corrected chi connectivity index (χ1v) is 5.96. The van der Waals surface area contributed by atoms with E-state index in [1.807, 2.05) is 0 Å². The van der Waals surface area contributed by atoms with E-state index in [0.29, 0.717) is 11.9 Å². The third-order valence-electron chi connectivity index (χ3n) is 2.40. The highest BCUT2D eigenvalue weighted by Crippen LogP contribution is 2.29. The van der Waals surface area contributed by atoms with Crippen LogP contribution in [0.15, 0.2) is 9.02 Å². The van der Waals surface area contributed by atoms with Crippen LogP contribution in [0.3, 0.4) is 0 Å². The Bertz CT molecular complexity index is 332. The zero-order valence-corrected chi connectivity index (χ0v) is 10.6. The first kappa shape index (κ1) is 11.0. The van der Waals surface area contributed by atoms with E-state index in [-0.39, 0.29) is 0 Å². The van der Waals surface area contributed by atoms with Crippen molar-refractivity contribution in [1.82, 2.24) is 4.98 Å². The van der Waals surface area contributed by atoms with E-state index in [1.54, 1.807) is 0 Å². The number of hydrogen-bond donors (Lipinski definition) is 0. The van der Waals surface area contributed by atoms with Crippen LogP contribution in [0.1, 0.15) is 25.5 Å². The van der Waals surface area contributed by atoms with Gasteiger partial charge in [0.2, 0.25) is 0 Å². The zero-order chi connectivity index (χ0) is 10.8. The number of oxazole rings is 1. The fourth-order valence-corrected chi connectivity index (χ4v) is 2.24. The van der Waals surface area contributed by atoms with Crippen LogP contribution in [0.2, 0.25) is 0 Å². The molecule has 0 spiro atoms. The Morgan fingerprint density at radius 1 is 1.33 bits per heavy atom. The number of ether oxygens (including phenoxy) is 1. The third-order valence-corrected chi connectivity index (χ3v) is 2.97. The first-order valence-electron chi connectivity index (χ1n) is 5.17. The van der Waals surface area contributed by atoms with Gasteiger partial charge in [0.15, 0.2) is 0 Å². The summed E-state index contributed by atoms with van der Waals surface area (Å²) in [5.74, 6) is 1.26. The molecule has 0 bridgehead atoms. The molecule has 1 saturated heterocycles. The molecule has 0 aliphatic carbocycles. The molecule has 0 aromatic carbocycles. The van der Waals surface area contributed by atoms with E-state index >= 15 is 0 Å². The van der Waals surface area contributed by atoms with Crippen LogP contribution in [-0.4, -0.2) is 31.3 Å². The van der Waals surface area contributed by atoms with Crippen LogP contribution in [-0.2, 0) is 4.74 Å². The molecule has 0 atom stereocenters. The van der Waals surface area contributed by atoms with Gasteiger partial charge in [-0.1, -0.05) is 13.8 Å². The molecule has 2 rings (SSSR count). The summed E-state index contributed by atoms with van der Waals surface area (Å²) in [6, 6.07) is 0.703. The fraction of sp³-hybridized carbons (Fsp3) is 0.700. The fourth-order valence-electron chi connectivity index (χ4n) is 1.55. The number of halogens is 1. The van der Waals surface area contributed by atoms with Gasteiger partial charge in [0.25, 0.3) is 6.01 Å². The van der Waals surface area contributed by atoms with Gasteiger partial charge in [-0.2, -0.15) is 4.98 Å². The van der Waals surface area contributed by atoms with Crippen molar-refractivity contribution in [3.8, 4) is 0 Å². The van der Waals surface area contributed by atoms with Gasteiger partial charge < -0.3 is 14.1 Å². The van der Waals surface area contributed by atoms with Crippen molar-refractivity contribution in [2.24, 2.45) is 0 Å². The van der Waals surface area contributed by atoms with Crippen LogP contribution in [0.5, 0.6) is 0 Å². The van der Waals surface area contributed by atoms with Crippen LogP contribution in [0.25, 0.3) is 0 Å². The normalized spacial score (nSPS) is 17.5. The number of morpholine rings is 1. The lowest BCUT2D eigenvalue weighted by Crippen LogP contribution is -2.36. The average molecular weight is 275 g/mol. The molecule has 1 fully saturated rings. The molecule has 0 radical (unpaired) electrons. The molecule has 0 saturated carbocycles. The summed E-state index contributed by atoms with van der Waals surface area (Å²) >= 11 is 3.42. The molecule has 2 heterocycles. The second-order valence-electron chi connectivity index (χ2n) is 3.91. The predicted octanol–water partition coefficient (Wildman–Crippen LogP) is 2.40. The van der Waals surface area contributed by atoms with Gasteiger partial charge in [0, 0.05) is 19.0 Å². The maximum atomic E-state index is 5.73. The summed E-state index contributed by atoms with van der Waals surface area (Å²) in [7, 11) is 0. The minimum Gasteiger partial charge on any atom is -0.427 e. The van der Waals surface area contributed by atoms with Gasteiger partial charge in [-0.15, -0.1) is 0 Å². The Kier molecular flexibility index (Phi) is 3.31. The van der Waals surface area contributed by atoms with E-state index in [0.717, 1.165) is 36.7 Å². The Balaban J connectivity index is 2.17.